The van der Waals surface area contributed by atoms with Gasteiger partial charge in [0, 0.05) is 27.5 Å². The van der Waals surface area contributed by atoms with E-state index >= 15 is 0 Å². The predicted molar refractivity (Wildman–Crippen MR) is 79.7 cm³/mol. The summed E-state index contributed by atoms with van der Waals surface area (Å²) < 4.78 is 0. The van der Waals surface area contributed by atoms with Crippen LogP contribution in [-0.2, 0) is 5.41 Å². The average Bonchev–Trinajstić information content (AvgIpc) is 2.86. The van der Waals surface area contributed by atoms with Crippen LogP contribution in [0.3, 0.4) is 0 Å². The van der Waals surface area contributed by atoms with E-state index < -0.39 is 0 Å². The molecule has 1 aliphatic carbocycles. The lowest BCUT2D eigenvalue weighted by atomic mass is 9.92. The number of benzene rings is 1. The second kappa shape index (κ2) is 4.70. The van der Waals surface area contributed by atoms with Crippen molar-refractivity contribution in [1.29, 1.82) is 0 Å². The Kier molecular flexibility index (Phi) is 3.70. The van der Waals surface area contributed by atoms with Crippen molar-refractivity contribution in [1.82, 2.24) is 5.32 Å². The Morgan fingerprint density at radius 1 is 1.28 bits per heavy atom. The third kappa shape index (κ3) is 2.68. The van der Waals surface area contributed by atoms with Crippen LogP contribution in [-0.4, -0.2) is 12.1 Å². The van der Waals surface area contributed by atoms with E-state index in [-0.39, 0.29) is 11.0 Å². The lowest BCUT2D eigenvalue weighted by Crippen LogP contribution is -2.41. The average molecular weight is 286 g/mol. The number of rotatable bonds is 3. The fourth-order valence-corrected chi connectivity index (χ4v) is 3.34. The minimum Gasteiger partial charge on any atom is -0.311 e. The van der Waals surface area contributed by atoms with Crippen LogP contribution in [0, 0.1) is 5.92 Å². The van der Waals surface area contributed by atoms with Crippen molar-refractivity contribution < 1.29 is 0 Å². The summed E-state index contributed by atoms with van der Waals surface area (Å²) in [5.41, 5.74) is 1.35. The molecule has 100 valence electrons. The van der Waals surface area contributed by atoms with E-state index in [4.69, 9.17) is 23.2 Å². The molecule has 0 heterocycles. The van der Waals surface area contributed by atoms with Gasteiger partial charge in [-0.15, -0.1) is 0 Å². The van der Waals surface area contributed by atoms with Crippen LogP contribution in [0.25, 0.3) is 0 Å². The molecule has 0 spiro atoms. The van der Waals surface area contributed by atoms with Gasteiger partial charge in [-0.1, -0.05) is 36.2 Å². The van der Waals surface area contributed by atoms with Crippen molar-refractivity contribution >= 4 is 23.2 Å². The molecule has 2 rings (SSSR count). The molecule has 0 bridgehead atoms. The SMILES string of the molecule is CC1CC1(CNC(C)(C)C)c1c(Cl)cccc1Cl. The molecule has 0 aromatic heterocycles. The fourth-order valence-electron chi connectivity index (χ4n) is 2.57. The smallest absolute Gasteiger partial charge is 0.0459 e. The van der Waals surface area contributed by atoms with E-state index in [1.807, 2.05) is 18.2 Å². The van der Waals surface area contributed by atoms with Crippen LogP contribution in [0.1, 0.15) is 39.7 Å². The van der Waals surface area contributed by atoms with Gasteiger partial charge in [-0.3, -0.25) is 0 Å². The highest BCUT2D eigenvalue weighted by atomic mass is 35.5. The summed E-state index contributed by atoms with van der Waals surface area (Å²) in [5.74, 6) is 0.629. The number of hydrogen-bond donors (Lipinski definition) is 1. The number of hydrogen-bond acceptors (Lipinski definition) is 1. The Morgan fingerprint density at radius 2 is 1.78 bits per heavy atom. The van der Waals surface area contributed by atoms with E-state index in [9.17, 15) is 0 Å². The van der Waals surface area contributed by atoms with Crippen molar-refractivity contribution in [3.05, 3.63) is 33.8 Å². The molecule has 1 aromatic rings. The molecule has 1 nitrogen and oxygen atoms in total. The largest absolute Gasteiger partial charge is 0.311 e. The molecule has 1 aliphatic rings. The van der Waals surface area contributed by atoms with E-state index in [0.717, 1.165) is 28.6 Å². The van der Waals surface area contributed by atoms with Crippen LogP contribution in [0.2, 0.25) is 10.0 Å². The lowest BCUT2D eigenvalue weighted by molar-refractivity contribution is 0.392. The van der Waals surface area contributed by atoms with Crippen LogP contribution < -0.4 is 5.32 Å². The van der Waals surface area contributed by atoms with Crippen LogP contribution in [0.5, 0.6) is 0 Å². The molecular weight excluding hydrogens is 265 g/mol. The first kappa shape index (κ1) is 14.2. The molecule has 18 heavy (non-hydrogen) atoms. The van der Waals surface area contributed by atoms with Gasteiger partial charge in [-0.05, 0) is 50.8 Å². The van der Waals surface area contributed by atoms with E-state index in [1.54, 1.807) is 0 Å². The molecule has 0 saturated heterocycles. The third-order valence-electron chi connectivity index (χ3n) is 3.85. The minimum atomic E-state index is 0.114. The van der Waals surface area contributed by atoms with E-state index in [1.165, 1.54) is 0 Å². The van der Waals surface area contributed by atoms with Crippen LogP contribution >= 0.6 is 23.2 Å². The highest BCUT2D eigenvalue weighted by Crippen LogP contribution is 2.57. The van der Waals surface area contributed by atoms with Gasteiger partial charge >= 0.3 is 0 Å². The summed E-state index contributed by atoms with van der Waals surface area (Å²) in [6.07, 6.45) is 1.15. The molecule has 1 saturated carbocycles. The molecule has 0 radical (unpaired) electrons. The summed E-state index contributed by atoms with van der Waals surface area (Å²) in [6.45, 7) is 9.75. The van der Waals surface area contributed by atoms with Crippen molar-refractivity contribution in [3.63, 3.8) is 0 Å². The molecular formula is C15H21Cl2N. The summed E-state index contributed by atoms with van der Waals surface area (Å²) >= 11 is 12.7. The summed E-state index contributed by atoms with van der Waals surface area (Å²) in [7, 11) is 0. The first-order chi connectivity index (χ1) is 8.26. The van der Waals surface area contributed by atoms with Gasteiger partial charge in [0.15, 0.2) is 0 Å². The Hall–Kier alpha value is -0.240. The Bertz CT molecular complexity index is 430. The second-order valence-corrected chi connectivity index (χ2v) is 7.28. The van der Waals surface area contributed by atoms with Gasteiger partial charge < -0.3 is 5.32 Å². The zero-order valence-electron chi connectivity index (χ0n) is 11.5. The molecule has 3 heteroatoms. The van der Waals surface area contributed by atoms with Crippen LogP contribution in [0.15, 0.2) is 18.2 Å². The standard InChI is InChI=1S/C15H21Cl2N/c1-10-8-15(10,9-18-14(2,3)4)13-11(16)6-5-7-12(13)17/h5-7,10,18H,8-9H2,1-4H3. The topological polar surface area (TPSA) is 12.0 Å². The molecule has 2 unspecified atom stereocenters. The molecule has 1 fully saturated rings. The van der Waals surface area contributed by atoms with Crippen molar-refractivity contribution in [3.8, 4) is 0 Å². The molecule has 0 amide bonds. The van der Waals surface area contributed by atoms with E-state index in [2.05, 4.69) is 33.0 Å². The maximum atomic E-state index is 6.36. The van der Waals surface area contributed by atoms with Gasteiger partial charge in [0.05, 0.1) is 0 Å². The Labute approximate surface area is 120 Å². The maximum absolute atomic E-state index is 6.36. The third-order valence-corrected chi connectivity index (χ3v) is 4.48. The summed E-state index contributed by atoms with van der Waals surface area (Å²) in [4.78, 5) is 0. The fraction of sp³-hybridized carbons (Fsp3) is 0.600. The summed E-state index contributed by atoms with van der Waals surface area (Å²) in [5, 5.41) is 5.18. The summed E-state index contributed by atoms with van der Waals surface area (Å²) in [6, 6.07) is 5.78. The number of halogens is 2. The second-order valence-electron chi connectivity index (χ2n) is 6.46. The Balaban J connectivity index is 2.29. The monoisotopic (exact) mass is 285 g/mol. The minimum absolute atomic E-state index is 0.114. The molecule has 0 aliphatic heterocycles. The van der Waals surface area contributed by atoms with E-state index in [0.29, 0.717) is 5.92 Å². The highest BCUT2D eigenvalue weighted by Gasteiger charge is 2.54. The van der Waals surface area contributed by atoms with Crippen LogP contribution in [0.4, 0.5) is 0 Å². The molecule has 1 N–H and O–H groups in total. The van der Waals surface area contributed by atoms with Gasteiger partial charge in [0.1, 0.15) is 0 Å². The van der Waals surface area contributed by atoms with Crippen molar-refractivity contribution in [2.45, 2.75) is 45.1 Å². The van der Waals surface area contributed by atoms with Crippen molar-refractivity contribution in [2.24, 2.45) is 5.92 Å². The van der Waals surface area contributed by atoms with Gasteiger partial charge in [-0.25, -0.2) is 0 Å². The first-order valence-electron chi connectivity index (χ1n) is 6.46. The number of nitrogens with one attached hydrogen (secondary N) is 1. The van der Waals surface area contributed by atoms with Crippen molar-refractivity contribution in [2.75, 3.05) is 6.54 Å². The quantitative estimate of drug-likeness (QED) is 0.852. The maximum Gasteiger partial charge on any atom is 0.0459 e. The zero-order valence-corrected chi connectivity index (χ0v) is 13.0. The van der Waals surface area contributed by atoms with Gasteiger partial charge in [-0.2, -0.15) is 0 Å². The Morgan fingerprint density at radius 3 is 2.17 bits per heavy atom. The normalized spacial score (nSPS) is 27.3. The highest BCUT2D eigenvalue weighted by molar-refractivity contribution is 6.36. The lowest BCUT2D eigenvalue weighted by Gasteiger charge is -2.27. The van der Waals surface area contributed by atoms with Gasteiger partial charge in [0.2, 0.25) is 0 Å². The van der Waals surface area contributed by atoms with Gasteiger partial charge in [0.25, 0.3) is 0 Å². The molecule has 1 aromatic carbocycles. The zero-order chi connectivity index (χ0) is 13.6. The molecule has 2 atom stereocenters. The first-order valence-corrected chi connectivity index (χ1v) is 7.21. The predicted octanol–water partition coefficient (Wildman–Crippen LogP) is 4.66.